The molecule has 0 spiro atoms. The Morgan fingerprint density at radius 2 is 1.81 bits per heavy atom. The minimum Gasteiger partial charge on any atom is -0.465 e. The predicted octanol–water partition coefficient (Wildman–Crippen LogP) is 2.34. The first kappa shape index (κ1) is 22.8. The molecular weight excluding hydrogens is 440 g/mol. The molecule has 0 radical (unpaired) electrons. The summed E-state index contributed by atoms with van der Waals surface area (Å²) in [4.78, 5) is 38.9. The number of anilines is 1. The summed E-state index contributed by atoms with van der Waals surface area (Å²) in [5.74, 6) is -0.720. The summed E-state index contributed by atoms with van der Waals surface area (Å²) >= 11 is 1.41. The molecule has 164 valence electrons. The molecule has 2 aromatic rings. The normalized spacial score (nSPS) is 16.1. The number of esters is 1. The number of carbonyl (C=O) groups excluding carboxylic acids is 3. The summed E-state index contributed by atoms with van der Waals surface area (Å²) in [5, 5.41) is 2.74. The Hall–Kier alpha value is -2.85. The van der Waals surface area contributed by atoms with E-state index in [1.165, 1.54) is 48.0 Å². The fraction of sp³-hybridized carbons (Fsp3) is 0.286. The lowest BCUT2D eigenvalue weighted by Gasteiger charge is -2.24. The van der Waals surface area contributed by atoms with Crippen LogP contribution in [0.2, 0.25) is 0 Å². The van der Waals surface area contributed by atoms with Crippen molar-refractivity contribution >= 4 is 45.1 Å². The number of ether oxygens (including phenoxy) is 1. The zero-order valence-corrected chi connectivity index (χ0v) is 18.9. The van der Waals surface area contributed by atoms with Gasteiger partial charge in [0.25, 0.3) is 5.91 Å². The summed E-state index contributed by atoms with van der Waals surface area (Å²) in [6.45, 7) is 1.77. The van der Waals surface area contributed by atoms with Crippen LogP contribution in [0.4, 0.5) is 5.69 Å². The zero-order valence-electron chi connectivity index (χ0n) is 17.2. The molecular formula is C21H22N2O6S2. The van der Waals surface area contributed by atoms with Crippen molar-refractivity contribution in [2.75, 3.05) is 30.3 Å². The van der Waals surface area contributed by atoms with Crippen LogP contribution in [0.3, 0.4) is 0 Å². The highest BCUT2D eigenvalue weighted by atomic mass is 32.2. The number of hydrogen-bond donors (Lipinski definition) is 1. The van der Waals surface area contributed by atoms with E-state index >= 15 is 0 Å². The third kappa shape index (κ3) is 5.08. The maximum atomic E-state index is 13.2. The van der Waals surface area contributed by atoms with Crippen molar-refractivity contribution < 1.29 is 27.5 Å². The van der Waals surface area contributed by atoms with E-state index in [2.05, 4.69) is 10.1 Å². The van der Waals surface area contributed by atoms with Gasteiger partial charge >= 0.3 is 5.97 Å². The van der Waals surface area contributed by atoms with Crippen LogP contribution in [0.15, 0.2) is 47.4 Å². The minimum absolute atomic E-state index is 0.0578. The van der Waals surface area contributed by atoms with Gasteiger partial charge in [0.2, 0.25) is 5.91 Å². The van der Waals surface area contributed by atoms with Gasteiger partial charge in [-0.1, -0.05) is 11.6 Å². The molecule has 0 bridgehead atoms. The summed E-state index contributed by atoms with van der Waals surface area (Å²) in [6.07, 6.45) is 1.05. The summed E-state index contributed by atoms with van der Waals surface area (Å²) in [5.41, 5.74) is 1.62. The highest BCUT2D eigenvalue weighted by Gasteiger charge is 2.36. The first-order chi connectivity index (χ1) is 14.6. The highest BCUT2D eigenvalue weighted by molar-refractivity contribution is 7.99. The Labute approximate surface area is 184 Å². The quantitative estimate of drug-likeness (QED) is 0.679. The third-order valence-corrected chi connectivity index (χ3v) is 6.95. The van der Waals surface area contributed by atoms with Crippen molar-refractivity contribution in [1.82, 2.24) is 4.90 Å². The van der Waals surface area contributed by atoms with E-state index in [1.807, 2.05) is 0 Å². The van der Waals surface area contributed by atoms with Gasteiger partial charge in [-0.15, -0.1) is 11.8 Å². The van der Waals surface area contributed by atoms with Gasteiger partial charge in [0.1, 0.15) is 6.04 Å². The van der Waals surface area contributed by atoms with Crippen LogP contribution in [0, 0.1) is 6.92 Å². The molecule has 1 heterocycles. The second kappa shape index (κ2) is 9.11. The van der Waals surface area contributed by atoms with E-state index in [0.29, 0.717) is 17.0 Å². The summed E-state index contributed by atoms with van der Waals surface area (Å²) in [6, 6.07) is 10.0. The summed E-state index contributed by atoms with van der Waals surface area (Å²) in [7, 11) is -2.33. The minimum atomic E-state index is -3.62. The molecule has 0 aliphatic carbocycles. The molecule has 2 aromatic carbocycles. The molecule has 10 heteroatoms. The van der Waals surface area contributed by atoms with Crippen molar-refractivity contribution in [3.05, 3.63) is 59.2 Å². The van der Waals surface area contributed by atoms with Crippen LogP contribution < -0.4 is 5.32 Å². The van der Waals surface area contributed by atoms with Gasteiger partial charge in [-0.05, 0) is 43.3 Å². The second-order valence-electron chi connectivity index (χ2n) is 7.12. The van der Waals surface area contributed by atoms with Gasteiger partial charge in [0, 0.05) is 17.7 Å². The van der Waals surface area contributed by atoms with Crippen molar-refractivity contribution in [3.8, 4) is 0 Å². The molecule has 1 aliphatic heterocycles. The van der Waals surface area contributed by atoms with Crippen LogP contribution in [0.5, 0.6) is 0 Å². The SMILES string of the molecule is COC(=O)c1ccc(NC(=O)C2CSCN2C(=O)c2cc(C)ccc2S(C)(=O)=O)cc1. The number of methoxy groups -OCH3 is 1. The topological polar surface area (TPSA) is 110 Å². The largest absolute Gasteiger partial charge is 0.465 e. The first-order valence-corrected chi connectivity index (χ1v) is 12.3. The van der Waals surface area contributed by atoms with Crippen LogP contribution in [0.25, 0.3) is 0 Å². The van der Waals surface area contributed by atoms with Crippen molar-refractivity contribution in [2.24, 2.45) is 0 Å². The number of nitrogens with zero attached hydrogens (tertiary/aromatic N) is 1. The number of hydrogen-bond acceptors (Lipinski definition) is 7. The van der Waals surface area contributed by atoms with Gasteiger partial charge < -0.3 is 15.0 Å². The van der Waals surface area contributed by atoms with Gasteiger partial charge in [-0.3, -0.25) is 9.59 Å². The number of carbonyl (C=O) groups is 3. The van der Waals surface area contributed by atoms with E-state index in [1.54, 1.807) is 25.1 Å². The van der Waals surface area contributed by atoms with Crippen molar-refractivity contribution in [1.29, 1.82) is 0 Å². The van der Waals surface area contributed by atoms with Crippen molar-refractivity contribution in [3.63, 3.8) is 0 Å². The van der Waals surface area contributed by atoms with E-state index in [4.69, 9.17) is 0 Å². The first-order valence-electron chi connectivity index (χ1n) is 9.30. The van der Waals surface area contributed by atoms with Crippen molar-refractivity contribution in [2.45, 2.75) is 17.9 Å². The number of thioether (sulfide) groups is 1. The predicted molar refractivity (Wildman–Crippen MR) is 118 cm³/mol. The van der Waals surface area contributed by atoms with E-state index in [0.717, 1.165) is 11.8 Å². The van der Waals surface area contributed by atoms with E-state index < -0.39 is 33.7 Å². The molecule has 1 atom stereocenters. The molecule has 1 N–H and O–H groups in total. The molecule has 1 saturated heterocycles. The van der Waals surface area contributed by atoms with E-state index in [-0.39, 0.29) is 16.3 Å². The molecule has 2 amide bonds. The number of benzene rings is 2. The average molecular weight is 463 g/mol. The molecule has 1 fully saturated rings. The third-order valence-electron chi connectivity index (χ3n) is 4.78. The molecule has 0 saturated carbocycles. The maximum absolute atomic E-state index is 13.2. The number of sulfone groups is 1. The van der Waals surface area contributed by atoms with Crippen LogP contribution in [-0.2, 0) is 19.4 Å². The molecule has 1 aliphatic rings. The lowest BCUT2D eigenvalue weighted by Crippen LogP contribution is -2.44. The Morgan fingerprint density at radius 3 is 2.42 bits per heavy atom. The van der Waals surface area contributed by atoms with E-state index in [9.17, 15) is 22.8 Å². The maximum Gasteiger partial charge on any atom is 0.337 e. The fourth-order valence-electron chi connectivity index (χ4n) is 3.18. The number of amides is 2. The Bertz CT molecular complexity index is 1130. The monoisotopic (exact) mass is 462 g/mol. The smallest absolute Gasteiger partial charge is 0.337 e. The molecule has 0 aromatic heterocycles. The van der Waals surface area contributed by atoms with Crippen LogP contribution in [-0.4, -0.2) is 62.1 Å². The number of aryl methyl sites for hydroxylation is 1. The van der Waals surface area contributed by atoms with Gasteiger partial charge in [-0.25, -0.2) is 13.2 Å². The van der Waals surface area contributed by atoms with Crippen LogP contribution >= 0.6 is 11.8 Å². The van der Waals surface area contributed by atoms with Gasteiger partial charge in [0.05, 0.1) is 29.0 Å². The number of rotatable bonds is 5. The molecule has 8 nitrogen and oxygen atoms in total. The Kier molecular flexibility index (Phi) is 6.71. The second-order valence-corrected chi connectivity index (χ2v) is 10.1. The summed E-state index contributed by atoms with van der Waals surface area (Å²) < 4.78 is 28.9. The average Bonchev–Trinajstić information content (AvgIpc) is 3.22. The van der Waals surface area contributed by atoms with Gasteiger partial charge in [-0.2, -0.15) is 0 Å². The number of nitrogens with one attached hydrogen (secondary N) is 1. The Balaban J connectivity index is 1.81. The molecule has 1 unspecified atom stereocenters. The lowest BCUT2D eigenvalue weighted by atomic mass is 10.1. The molecule has 3 rings (SSSR count). The van der Waals surface area contributed by atoms with Crippen LogP contribution in [0.1, 0.15) is 26.3 Å². The standard InChI is InChI=1S/C21H22N2O6S2/c1-13-4-9-18(31(3,27)28)16(10-13)20(25)23-12-30-11-17(23)19(24)22-15-7-5-14(6-8-15)21(26)29-2/h4-10,17H,11-12H2,1-3H3,(H,22,24). The molecule has 31 heavy (non-hydrogen) atoms. The zero-order chi connectivity index (χ0) is 22.8. The Morgan fingerprint density at radius 1 is 1.13 bits per heavy atom. The van der Waals surface area contributed by atoms with Gasteiger partial charge in [0.15, 0.2) is 9.84 Å². The highest BCUT2D eigenvalue weighted by Crippen LogP contribution is 2.27. The lowest BCUT2D eigenvalue weighted by molar-refractivity contribution is -0.119. The fourth-order valence-corrected chi connectivity index (χ4v) is 5.20.